The molecular weight excluding hydrogens is 378 g/mol. The van der Waals surface area contributed by atoms with Gasteiger partial charge in [-0.15, -0.1) is 0 Å². The molecule has 0 aromatic heterocycles. The number of nitro benzene ring substituents is 1. The Balaban J connectivity index is 1.81. The van der Waals surface area contributed by atoms with Crippen LogP contribution in [0, 0.1) is 17.0 Å². The highest BCUT2D eigenvalue weighted by Gasteiger charge is 2.30. The quantitative estimate of drug-likeness (QED) is 0.315. The standard InChI is InChI=1S/C21H19NO7/c1-12(2)28-19(23)11-27-17-8-7-16-20(24)18(29-21(16)13(17)3)10-14-5-4-6-15(9-14)22(25)26/h4-10,12H,11H2,1-3H3/b18-10-. The van der Waals surface area contributed by atoms with Crippen molar-refractivity contribution in [2.75, 3.05) is 6.61 Å². The number of carbonyl (C=O) groups excluding carboxylic acids is 2. The Morgan fingerprint density at radius 3 is 2.72 bits per heavy atom. The molecule has 8 nitrogen and oxygen atoms in total. The molecule has 1 heterocycles. The number of allylic oxidation sites excluding steroid dienone is 1. The average molecular weight is 397 g/mol. The Labute approximate surface area is 166 Å². The summed E-state index contributed by atoms with van der Waals surface area (Å²) in [5, 5.41) is 10.9. The number of non-ortho nitro benzene ring substituents is 1. The van der Waals surface area contributed by atoms with Gasteiger partial charge in [0.15, 0.2) is 12.4 Å². The Bertz CT molecular complexity index is 1020. The normalized spacial score (nSPS) is 13.9. The number of hydrogen-bond donors (Lipinski definition) is 0. The molecule has 0 saturated carbocycles. The average Bonchev–Trinajstić information content (AvgIpc) is 2.97. The second-order valence-electron chi connectivity index (χ2n) is 6.68. The fourth-order valence-corrected chi connectivity index (χ4v) is 2.84. The smallest absolute Gasteiger partial charge is 0.344 e. The molecule has 8 heteroatoms. The number of benzene rings is 2. The van der Waals surface area contributed by atoms with Crippen molar-refractivity contribution in [2.24, 2.45) is 0 Å². The van der Waals surface area contributed by atoms with Crippen LogP contribution in [0.3, 0.4) is 0 Å². The largest absolute Gasteiger partial charge is 0.481 e. The predicted octanol–water partition coefficient (Wildman–Crippen LogP) is 3.85. The second-order valence-corrected chi connectivity index (χ2v) is 6.68. The van der Waals surface area contributed by atoms with Crippen LogP contribution in [0.25, 0.3) is 6.08 Å². The molecule has 0 spiro atoms. The molecule has 3 rings (SSSR count). The Morgan fingerprint density at radius 2 is 2.03 bits per heavy atom. The zero-order valence-corrected chi connectivity index (χ0v) is 16.1. The molecule has 2 aromatic carbocycles. The molecule has 29 heavy (non-hydrogen) atoms. The highest BCUT2D eigenvalue weighted by molar-refractivity contribution is 6.15. The minimum atomic E-state index is -0.508. The molecule has 2 aromatic rings. The van der Waals surface area contributed by atoms with Gasteiger partial charge in [-0.25, -0.2) is 4.79 Å². The summed E-state index contributed by atoms with van der Waals surface area (Å²) in [4.78, 5) is 34.7. The van der Waals surface area contributed by atoms with E-state index in [1.54, 1.807) is 39.0 Å². The van der Waals surface area contributed by atoms with E-state index < -0.39 is 10.9 Å². The van der Waals surface area contributed by atoms with Crippen LogP contribution in [0.15, 0.2) is 42.2 Å². The van der Waals surface area contributed by atoms with Crippen molar-refractivity contribution < 1.29 is 28.7 Å². The highest BCUT2D eigenvalue weighted by Crippen LogP contribution is 2.39. The van der Waals surface area contributed by atoms with Crippen LogP contribution < -0.4 is 9.47 Å². The molecular formula is C21H19NO7. The van der Waals surface area contributed by atoms with E-state index in [-0.39, 0.29) is 29.9 Å². The van der Waals surface area contributed by atoms with Gasteiger partial charge >= 0.3 is 5.97 Å². The van der Waals surface area contributed by atoms with Crippen LogP contribution >= 0.6 is 0 Å². The van der Waals surface area contributed by atoms with E-state index in [1.807, 2.05) is 0 Å². The third-order valence-corrected chi connectivity index (χ3v) is 4.13. The summed E-state index contributed by atoms with van der Waals surface area (Å²) in [5.74, 6) is -0.0428. The van der Waals surface area contributed by atoms with E-state index >= 15 is 0 Å². The number of ether oxygens (including phenoxy) is 3. The van der Waals surface area contributed by atoms with Gasteiger partial charge in [0, 0.05) is 17.7 Å². The molecule has 0 atom stereocenters. The van der Waals surface area contributed by atoms with Crippen molar-refractivity contribution in [3.8, 4) is 11.5 Å². The van der Waals surface area contributed by atoms with Crippen LogP contribution in [0.1, 0.15) is 35.3 Å². The number of esters is 1. The van der Waals surface area contributed by atoms with Gasteiger partial charge < -0.3 is 14.2 Å². The van der Waals surface area contributed by atoms with E-state index in [2.05, 4.69) is 0 Å². The van der Waals surface area contributed by atoms with Crippen LogP contribution in [0.4, 0.5) is 5.69 Å². The van der Waals surface area contributed by atoms with Crippen LogP contribution in [0.2, 0.25) is 0 Å². The van der Waals surface area contributed by atoms with Crippen molar-refractivity contribution in [3.63, 3.8) is 0 Å². The molecule has 0 fully saturated rings. The third-order valence-electron chi connectivity index (χ3n) is 4.13. The first-order valence-electron chi connectivity index (χ1n) is 8.91. The van der Waals surface area contributed by atoms with E-state index in [4.69, 9.17) is 14.2 Å². The Kier molecular flexibility index (Phi) is 5.63. The lowest BCUT2D eigenvalue weighted by molar-refractivity contribution is -0.384. The van der Waals surface area contributed by atoms with Crippen molar-refractivity contribution in [3.05, 3.63) is 69.0 Å². The fourth-order valence-electron chi connectivity index (χ4n) is 2.84. The van der Waals surface area contributed by atoms with Crippen molar-refractivity contribution in [2.45, 2.75) is 26.9 Å². The van der Waals surface area contributed by atoms with Gasteiger partial charge in [0.2, 0.25) is 5.78 Å². The monoisotopic (exact) mass is 397 g/mol. The fraction of sp³-hybridized carbons (Fsp3) is 0.238. The first-order valence-corrected chi connectivity index (χ1v) is 8.91. The van der Waals surface area contributed by atoms with Crippen LogP contribution in [0.5, 0.6) is 11.5 Å². The number of nitrogens with zero attached hydrogens (tertiary/aromatic N) is 1. The second kappa shape index (κ2) is 8.14. The van der Waals surface area contributed by atoms with Gasteiger partial charge in [-0.3, -0.25) is 14.9 Å². The summed E-state index contributed by atoms with van der Waals surface area (Å²) in [6, 6.07) is 9.04. The van der Waals surface area contributed by atoms with E-state index in [9.17, 15) is 19.7 Å². The molecule has 0 N–H and O–H groups in total. The molecule has 150 valence electrons. The molecule has 0 bridgehead atoms. The molecule has 0 radical (unpaired) electrons. The maximum Gasteiger partial charge on any atom is 0.344 e. The highest BCUT2D eigenvalue weighted by atomic mass is 16.6. The number of hydrogen-bond acceptors (Lipinski definition) is 7. The first kappa shape index (κ1) is 20.1. The lowest BCUT2D eigenvalue weighted by Gasteiger charge is -2.12. The zero-order chi connectivity index (χ0) is 21.1. The molecule has 0 aliphatic carbocycles. The summed E-state index contributed by atoms with van der Waals surface area (Å²) in [6.07, 6.45) is 1.21. The van der Waals surface area contributed by atoms with E-state index in [1.165, 1.54) is 24.3 Å². The van der Waals surface area contributed by atoms with Crippen LogP contribution in [-0.4, -0.2) is 29.4 Å². The summed E-state index contributed by atoms with van der Waals surface area (Å²) in [5.41, 5.74) is 1.32. The van der Waals surface area contributed by atoms with Gasteiger partial charge in [-0.2, -0.15) is 0 Å². The molecule has 0 saturated heterocycles. The lowest BCUT2D eigenvalue weighted by Crippen LogP contribution is -2.19. The SMILES string of the molecule is Cc1c(OCC(=O)OC(C)C)ccc2c1O/C(=C\c1cccc([N+](=O)[O-])c1)C2=O. The molecule has 0 unspecified atom stereocenters. The van der Waals surface area contributed by atoms with E-state index in [0.717, 1.165) is 0 Å². The number of Topliss-reactive ketones (excluding diaryl/α,β-unsaturated/α-hetero) is 1. The summed E-state index contributed by atoms with van der Waals surface area (Å²) < 4.78 is 16.2. The maximum absolute atomic E-state index is 12.6. The molecule has 1 aliphatic heterocycles. The van der Waals surface area contributed by atoms with Crippen molar-refractivity contribution in [1.29, 1.82) is 0 Å². The minimum Gasteiger partial charge on any atom is -0.481 e. The number of rotatable bonds is 6. The lowest BCUT2D eigenvalue weighted by atomic mass is 10.1. The topological polar surface area (TPSA) is 105 Å². The summed E-state index contributed by atoms with van der Waals surface area (Å²) in [7, 11) is 0. The Morgan fingerprint density at radius 1 is 1.28 bits per heavy atom. The maximum atomic E-state index is 12.6. The third kappa shape index (κ3) is 4.43. The van der Waals surface area contributed by atoms with Gasteiger partial charge in [-0.05, 0) is 44.5 Å². The zero-order valence-electron chi connectivity index (χ0n) is 16.1. The predicted molar refractivity (Wildman–Crippen MR) is 104 cm³/mol. The number of ketones is 1. The van der Waals surface area contributed by atoms with Crippen molar-refractivity contribution >= 4 is 23.5 Å². The number of nitro groups is 1. The number of carbonyl (C=O) groups is 2. The molecule has 1 aliphatic rings. The summed E-state index contributed by atoms with van der Waals surface area (Å²) >= 11 is 0. The Hall–Kier alpha value is -3.68. The molecule has 0 amide bonds. The van der Waals surface area contributed by atoms with Crippen molar-refractivity contribution in [1.82, 2.24) is 0 Å². The van der Waals surface area contributed by atoms with Gasteiger partial charge in [0.25, 0.3) is 5.69 Å². The van der Waals surface area contributed by atoms with E-state index in [0.29, 0.717) is 28.2 Å². The minimum absolute atomic E-state index is 0.0555. The van der Waals surface area contributed by atoms with Gasteiger partial charge in [0.1, 0.15) is 11.5 Å². The van der Waals surface area contributed by atoms with Gasteiger partial charge in [0.05, 0.1) is 16.6 Å². The number of fused-ring (bicyclic) bond motifs is 1. The first-order chi connectivity index (χ1) is 13.8. The van der Waals surface area contributed by atoms with Gasteiger partial charge in [-0.1, -0.05) is 12.1 Å². The van der Waals surface area contributed by atoms with Crippen LogP contribution in [-0.2, 0) is 9.53 Å². The summed E-state index contributed by atoms with van der Waals surface area (Å²) in [6.45, 7) is 4.94.